The van der Waals surface area contributed by atoms with Crippen molar-refractivity contribution < 1.29 is 10.2 Å². The molecule has 1 saturated carbocycles. The van der Waals surface area contributed by atoms with E-state index in [0.29, 0.717) is 23.7 Å². The summed E-state index contributed by atoms with van der Waals surface area (Å²) in [5.41, 5.74) is 0. The first kappa shape index (κ1) is 12.1. The third-order valence-electron chi connectivity index (χ3n) is 4.50. The van der Waals surface area contributed by atoms with Crippen molar-refractivity contribution in [1.82, 2.24) is 0 Å². The quantitative estimate of drug-likeness (QED) is 0.722. The molecule has 2 rings (SSSR count). The van der Waals surface area contributed by atoms with Crippen LogP contribution < -0.4 is 0 Å². The number of aliphatic hydroxyl groups excluding tert-OH is 2. The first-order valence-corrected chi connectivity index (χ1v) is 6.71. The van der Waals surface area contributed by atoms with Crippen molar-refractivity contribution in [3.8, 4) is 0 Å². The lowest BCUT2D eigenvalue weighted by atomic mass is 9.63. The molecular formula is C14H24O2. The summed E-state index contributed by atoms with van der Waals surface area (Å²) in [6, 6.07) is 0. The fourth-order valence-electron chi connectivity index (χ4n) is 3.65. The lowest BCUT2D eigenvalue weighted by Gasteiger charge is -2.44. The number of fused-ring (bicyclic) bond motifs is 1. The largest absolute Gasteiger partial charge is 0.396 e. The Morgan fingerprint density at radius 3 is 2.81 bits per heavy atom. The van der Waals surface area contributed by atoms with Crippen LogP contribution in [0.4, 0.5) is 0 Å². The fraction of sp³-hybridized carbons (Fsp3) is 0.857. The minimum absolute atomic E-state index is 0.116. The number of hydrogen-bond donors (Lipinski definition) is 2. The number of allylic oxidation sites excluding steroid dienone is 2. The Labute approximate surface area is 98.4 Å². The Kier molecular flexibility index (Phi) is 4.04. The van der Waals surface area contributed by atoms with Crippen LogP contribution in [0.25, 0.3) is 0 Å². The van der Waals surface area contributed by atoms with E-state index < -0.39 is 0 Å². The van der Waals surface area contributed by atoms with Crippen LogP contribution in [0.3, 0.4) is 0 Å². The summed E-state index contributed by atoms with van der Waals surface area (Å²) in [5.74, 6) is 2.15. The Morgan fingerprint density at radius 2 is 2.06 bits per heavy atom. The molecular weight excluding hydrogens is 200 g/mol. The zero-order valence-electron chi connectivity index (χ0n) is 10.2. The van der Waals surface area contributed by atoms with Crippen molar-refractivity contribution in [3.63, 3.8) is 0 Å². The fourth-order valence-corrected chi connectivity index (χ4v) is 3.65. The molecule has 16 heavy (non-hydrogen) atoms. The second kappa shape index (κ2) is 5.33. The van der Waals surface area contributed by atoms with Crippen LogP contribution in [0.5, 0.6) is 0 Å². The van der Waals surface area contributed by atoms with E-state index in [9.17, 15) is 5.11 Å². The van der Waals surface area contributed by atoms with Gasteiger partial charge in [0.2, 0.25) is 0 Å². The smallest absolute Gasteiger partial charge is 0.0576 e. The van der Waals surface area contributed by atoms with Gasteiger partial charge in [-0.3, -0.25) is 0 Å². The molecule has 2 heteroatoms. The van der Waals surface area contributed by atoms with Gasteiger partial charge in [-0.1, -0.05) is 25.5 Å². The highest BCUT2D eigenvalue weighted by Crippen LogP contribution is 2.44. The van der Waals surface area contributed by atoms with Crippen LogP contribution >= 0.6 is 0 Å². The minimum Gasteiger partial charge on any atom is -0.396 e. The number of rotatable bonds is 3. The molecule has 1 fully saturated rings. The van der Waals surface area contributed by atoms with E-state index in [1.54, 1.807) is 0 Å². The number of hydrogen-bond acceptors (Lipinski definition) is 2. The summed E-state index contributed by atoms with van der Waals surface area (Å²) in [6.45, 7) is 2.52. The Hall–Kier alpha value is -0.340. The van der Waals surface area contributed by atoms with E-state index in [0.717, 1.165) is 25.7 Å². The molecule has 0 amide bonds. The molecule has 2 nitrogen and oxygen atoms in total. The van der Waals surface area contributed by atoms with Crippen LogP contribution in [-0.2, 0) is 0 Å². The van der Waals surface area contributed by atoms with Crippen molar-refractivity contribution >= 4 is 0 Å². The maximum atomic E-state index is 10.2. The average molecular weight is 224 g/mol. The molecule has 2 aliphatic rings. The highest BCUT2D eigenvalue weighted by Gasteiger charge is 2.40. The van der Waals surface area contributed by atoms with Gasteiger partial charge in [-0.2, -0.15) is 0 Å². The molecule has 5 atom stereocenters. The summed E-state index contributed by atoms with van der Waals surface area (Å²) >= 11 is 0. The first-order valence-electron chi connectivity index (χ1n) is 6.71. The highest BCUT2D eigenvalue weighted by molar-refractivity contribution is 5.07. The van der Waals surface area contributed by atoms with Crippen LogP contribution in [0, 0.1) is 23.7 Å². The van der Waals surface area contributed by atoms with Gasteiger partial charge in [0.25, 0.3) is 0 Å². The normalized spacial score (nSPS) is 43.1. The number of aliphatic hydroxyl groups is 2. The molecule has 0 aromatic heterocycles. The molecule has 0 aromatic carbocycles. The third kappa shape index (κ3) is 2.33. The molecule has 0 aliphatic heterocycles. The molecule has 0 aromatic rings. The molecule has 2 N–H and O–H groups in total. The van der Waals surface area contributed by atoms with Crippen molar-refractivity contribution in [2.75, 3.05) is 6.61 Å². The summed E-state index contributed by atoms with van der Waals surface area (Å²) in [4.78, 5) is 0. The molecule has 0 unspecified atom stereocenters. The second-order valence-electron chi connectivity index (χ2n) is 5.51. The van der Waals surface area contributed by atoms with Crippen molar-refractivity contribution in [2.45, 2.75) is 45.1 Å². The third-order valence-corrected chi connectivity index (χ3v) is 4.50. The van der Waals surface area contributed by atoms with Crippen LogP contribution in [0.1, 0.15) is 39.0 Å². The second-order valence-corrected chi connectivity index (χ2v) is 5.51. The van der Waals surface area contributed by atoms with Crippen molar-refractivity contribution in [3.05, 3.63) is 12.2 Å². The van der Waals surface area contributed by atoms with Gasteiger partial charge in [0.15, 0.2) is 0 Å². The Morgan fingerprint density at radius 1 is 1.25 bits per heavy atom. The molecule has 2 aliphatic carbocycles. The van der Waals surface area contributed by atoms with Gasteiger partial charge in [0, 0.05) is 6.61 Å². The standard InChI is InChI=1S/C14H24O2/c1-10-7-8-11-4-2-6-13(16)14(11)12(10)5-3-9-15/h7-8,10-16H,2-6,9H2,1H3/t10-,11+,12-,13-,14-/m0/s1. The Bertz CT molecular complexity index is 249. The minimum atomic E-state index is -0.116. The van der Waals surface area contributed by atoms with E-state index in [4.69, 9.17) is 5.11 Å². The average Bonchev–Trinajstić information content (AvgIpc) is 2.28. The summed E-state index contributed by atoms with van der Waals surface area (Å²) in [6.07, 6.45) is 9.83. The van der Waals surface area contributed by atoms with Gasteiger partial charge in [-0.25, -0.2) is 0 Å². The topological polar surface area (TPSA) is 40.5 Å². The van der Waals surface area contributed by atoms with E-state index >= 15 is 0 Å². The summed E-state index contributed by atoms with van der Waals surface area (Å²) in [7, 11) is 0. The van der Waals surface area contributed by atoms with Gasteiger partial charge in [-0.05, 0) is 49.4 Å². The van der Waals surface area contributed by atoms with E-state index in [1.165, 1.54) is 6.42 Å². The highest BCUT2D eigenvalue weighted by atomic mass is 16.3. The summed E-state index contributed by atoms with van der Waals surface area (Å²) < 4.78 is 0. The van der Waals surface area contributed by atoms with Gasteiger partial charge >= 0.3 is 0 Å². The first-order chi connectivity index (χ1) is 7.74. The monoisotopic (exact) mass is 224 g/mol. The maximum absolute atomic E-state index is 10.2. The summed E-state index contributed by atoms with van der Waals surface area (Å²) in [5, 5.41) is 19.2. The van der Waals surface area contributed by atoms with Crippen molar-refractivity contribution in [1.29, 1.82) is 0 Å². The lowest BCUT2D eigenvalue weighted by molar-refractivity contribution is -0.00736. The van der Waals surface area contributed by atoms with E-state index in [1.807, 2.05) is 0 Å². The molecule has 0 saturated heterocycles. The lowest BCUT2D eigenvalue weighted by Crippen LogP contribution is -2.41. The molecule has 92 valence electrons. The predicted molar refractivity (Wildman–Crippen MR) is 65.0 cm³/mol. The van der Waals surface area contributed by atoms with Gasteiger partial charge in [0.1, 0.15) is 0 Å². The SMILES string of the molecule is C[C@H]1C=C[C@H]2CCC[C@H](O)[C@@H]2[C@H]1CCCO. The van der Waals surface area contributed by atoms with Gasteiger partial charge < -0.3 is 10.2 Å². The van der Waals surface area contributed by atoms with Gasteiger partial charge in [-0.15, -0.1) is 0 Å². The van der Waals surface area contributed by atoms with E-state index in [-0.39, 0.29) is 12.7 Å². The van der Waals surface area contributed by atoms with Gasteiger partial charge in [0.05, 0.1) is 6.10 Å². The molecule has 0 spiro atoms. The van der Waals surface area contributed by atoms with Crippen LogP contribution in [0.2, 0.25) is 0 Å². The van der Waals surface area contributed by atoms with Crippen LogP contribution in [-0.4, -0.2) is 22.9 Å². The zero-order chi connectivity index (χ0) is 11.5. The maximum Gasteiger partial charge on any atom is 0.0576 e. The molecule has 0 radical (unpaired) electrons. The predicted octanol–water partition coefficient (Wildman–Crippen LogP) is 2.36. The molecule has 0 heterocycles. The van der Waals surface area contributed by atoms with Crippen LogP contribution in [0.15, 0.2) is 12.2 Å². The molecule has 0 bridgehead atoms. The zero-order valence-corrected chi connectivity index (χ0v) is 10.2. The van der Waals surface area contributed by atoms with E-state index in [2.05, 4.69) is 19.1 Å². The Balaban J connectivity index is 2.10. The van der Waals surface area contributed by atoms with Crippen molar-refractivity contribution in [2.24, 2.45) is 23.7 Å².